The first-order valence-corrected chi connectivity index (χ1v) is 6.65. The minimum atomic E-state index is -5.73. The van der Waals surface area contributed by atoms with Crippen LogP contribution in [-0.4, -0.2) is 62.6 Å². The summed E-state index contributed by atoms with van der Waals surface area (Å²) in [5.74, 6) is -5.38. The first-order valence-electron chi connectivity index (χ1n) is 6.65. The zero-order valence-electron chi connectivity index (χ0n) is 12.9. The molecule has 0 fully saturated rings. The predicted molar refractivity (Wildman–Crippen MR) is 72.4 cm³/mol. The fraction of sp³-hybridized carbons (Fsp3) is 0.417. The van der Waals surface area contributed by atoms with Crippen molar-refractivity contribution in [2.75, 3.05) is 13.7 Å². The molecule has 0 saturated heterocycles. The Morgan fingerprint density at radius 3 is 2.54 bits per heavy atom. The summed E-state index contributed by atoms with van der Waals surface area (Å²) in [6.45, 7) is -1.88. The van der Waals surface area contributed by atoms with Gasteiger partial charge in [0.1, 0.15) is 31.8 Å². The molecule has 0 aliphatic heterocycles. The second kappa shape index (κ2) is 7.53. The number of halogens is 6. The SMILES string of the molecule is CON=C(c1cc(OCC(F)(F)C(F)C(F)(F)F)ncn1)n1cncn1. The van der Waals surface area contributed by atoms with E-state index in [2.05, 4.69) is 34.8 Å². The van der Waals surface area contributed by atoms with Crippen molar-refractivity contribution in [3.63, 3.8) is 0 Å². The van der Waals surface area contributed by atoms with Crippen LogP contribution in [0.15, 0.2) is 30.2 Å². The topological polar surface area (TPSA) is 87.3 Å². The largest absolute Gasteiger partial charge is 0.471 e. The van der Waals surface area contributed by atoms with Crippen molar-refractivity contribution >= 4 is 5.84 Å². The number of alkyl halides is 6. The summed E-state index contributed by atoms with van der Waals surface area (Å²) in [5, 5.41) is 7.40. The molecule has 0 aliphatic rings. The molecule has 0 aliphatic carbocycles. The summed E-state index contributed by atoms with van der Waals surface area (Å²) < 4.78 is 81.3. The standard InChI is InChI=1S/C12H10F6N6O2/c1-25-23-9(24-6-19-4-22-24)7-2-8(21-5-20-7)26-3-11(14,15)10(13)12(16,17)18/h2,4-6,10H,3H2,1H3. The molecule has 2 aromatic heterocycles. The lowest BCUT2D eigenvalue weighted by atomic mass is 10.2. The summed E-state index contributed by atoms with van der Waals surface area (Å²) >= 11 is 0. The lowest BCUT2D eigenvalue weighted by Gasteiger charge is -2.22. The minimum Gasteiger partial charge on any atom is -0.471 e. The quantitative estimate of drug-likeness (QED) is 0.327. The molecule has 0 N–H and O–H groups in total. The van der Waals surface area contributed by atoms with Gasteiger partial charge in [0.15, 0.2) is 6.61 Å². The summed E-state index contributed by atoms with van der Waals surface area (Å²) in [6.07, 6.45) is -6.83. The van der Waals surface area contributed by atoms with E-state index >= 15 is 0 Å². The number of oxime groups is 1. The van der Waals surface area contributed by atoms with Gasteiger partial charge in [0, 0.05) is 6.07 Å². The highest BCUT2D eigenvalue weighted by atomic mass is 19.4. The van der Waals surface area contributed by atoms with E-state index in [1.54, 1.807) is 0 Å². The molecule has 0 amide bonds. The molecular formula is C12H10F6N6O2. The Kier molecular flexibility index (Phi) is 5.62. The van der Waals surface area contributed by atoms with Crippen LogP contribution in [0.25, 0.3) is 0 Å². The molecule has 142 valence electrons. The van der Waals surface area contributed by atoms with Crippen molar-refractivity contribution < 1.29 is 35.9 Å². The van der Waals surface area contributed by atoms with Crippen LogP contribution in [0.5, 0.6) is 5.88 Å². The highest BCUT2D eigenvalue weighted by Crippen LogP contribution is 2.35. The lowest BCUT2D eigenvalue weighted by molar-refractivity contribution is -0.250. The monoisotopic (exact) mass is 384 g/mol. The molecule has 1 unspecified atom stereocenters. The van der Waals surface area contributed by atoms with Crippen molar-refractivity contribution in [2.24, 2.45) is 5.16 Å². The Morgan fingerprint density at radius 1 is 1.23 bits per heavy atom. The second-order valence-electron chi connectivity index (χ2n) is 4.63. The van der Waals surface area contributed by atoms with Gasteiger partial charge in [0.25, 0.3) is 6.17 Å². The summed E-state index contributed by atoms with van der Waals surface area (Å²) in [6, 6.07) is 0.983. The second-order valence-corrected chi connectivity index (χ2v) is 4.63. The summed E-state index contributed by atoms with van der Waals surface area (Å²) in [7, 11) is 1.22. The fourth-order valence-corrected chi connectivity index (χ4v) is 1.63. The maximum absolute atomic E-state index is 13.3. The van der Waals surface area contributed by atoms with E-state index in [-0.39, 0.29) is 11.5 Å². The normalized spacial score (nSPS) is 14.2. The number of ether oxygens (including phenoxy) is 1. The molecule has 2 rings (SSSR count). The third-order valence-corrected chi connectivity index (χ3v) is 2.76. The van der Waals surface area contributed by atoms with Gasteiger partial charge in [-0.25, -0.2) is 19.3 Å². The Hall–Kier alpha value is -2.93. The Labute approximate surface area is 141 Å². The van der Waals surface area contributed by atoms with E-state index in [1.165, 1.54) is 19.8 Å². The molecule has 0 radical (unpaired) electrons. The molecule has 2 heterocycles. The maximum atomic E-state index is 13.3. The first kappa shape index (κ1) is 19.4. The van der Waals surface area contributed by atoms with Crippen molar-refractivity contribution in [2.45, 2.75) is 18.3 Å². The van der Waals surface area contributed by atoms with Crippen LogP contribution >= 0.6 is 0 Å². The van der Waals surface area contributed by atoms with E-state index in [4.69, 9.17) is 0 Å². The van der Waals surface area contributed by atoms with Gasteiger partial charge in [-0.05, 0) is 0 Å². The third kappa shape index (κ3) is 4.58. The van der Waals surface area contributed by atoms with Gasteiger partial charge < -0.3 is 9.57 Å². The average molecular weight is 384 g/mol. The number of rotatable bonds is 6. The van der Waals surface area contributed by atoms with Gasteiger partial charge >= 0.3 is 12.1 Å². The molecule has 0 aromatic carbocycles. The van der Waals surface area contributed by atoms with E-state index in [9.17, 15) is 26.3 Å². The molecule has 26 heavy (non-hydrogen) atoms. The van der Waals surface area contributed by atoms with Gasteiger partial charge in [-0.3, -0.25) is 0 Å². The van der Waals surface area contributed by atoms with Crippen LogP contribution in [-0.2, 0) is 4.84 Å². The van der Waals surface area contributed by atoms with Crippen molar-refractivity contribution in [3.8, 4) is 5.88 Å². The molecule has 14 heteroatoms. The van der Waals surface area contributed by atoms with Gasteiger partial charge in [0.2, 0.25) is 11.7 Å². The Morgan fingerprint density at radius 2 is 1.96 bits per heavy atom. The van der Waals surface area contributed by atoms with E-state index in [1.807, 2.05) is 0 Å². The van der Waals surface area contributed by atoms with Crippen LogP contribution in [0.1, 0.15) is 5.69 Å². The van der Waals surface area contributed by atoms with Gasteiger partial charge in [-0.1, -0.05) is 5.16 Å². The Bertz CT molecular complexity index is 751. The maximum Gasteiger partial charge on any atom is 0.425 e. The smallest absolute Gasteiger partial charge is 0.425 e. The lowest BCUT2D eigenvalue weighted by Crippen LogP contribution is -2.45. The zero-order valence-corrected chi connectivity index (χ0v) is 12.9. The molecule has 0 saturated carbocycles. The molecule has 8 nitrogen and oxygen atoms in total. The number of hydrogen-bond acceptors (Lipinski definition) is 7. The van der Waals surface area contributed by atoms with E-state index in [0.29, 0.717) is 0 Å². The zero-order chi connectivity index (χ0) is 19.4. The van der Waals surface area contributed by atoms with Gasteiger partial charge in [0.05, 0.1) is 0 Å². The number of nitrogens with zero attached hydrogens (tertiary/aromatic N) is 6. The molecule has 0 spiro atoms. The summed E-state index contributed by atoms with van der Waals surface area (Å²) in [5.41, 5.74) is -0.0294. The predicted octanol–water partition coefficient (Wildman–Crippen LogP) is 1.84. The van der Waals surface area contributed by atoms with E-state index in [0.717, 1.165) is 17.1 Å². The van der Waals surface area contributed by atoms with Crippen LogP contribution in [0.4, 0.5) is 26.3 Å². The third-order valence-electron chi connectivity index (χ3n) is 2.76. The number of aromatic nitrogens is 5. The van der Waals surface area contributed by atoms with Crippen LogP contribution in [0.2, 0.25) is 0 Å². The molecule has 1 atom stereocenters. The van der Waals surface area contributed by atoms with E-state index < -0.39 is 30.8 Å². The van der Waals surface area contributed by atoms with Crippen molar-refractivity contribution in [1.82, 2.24) is 24.7 Å². The molecular weight excluding hydrogens is 374 g/mol. The van der Waals surface area contributed by atoms with Crippen molar-refractivity contribution in [3.05, 3.63) is 30.7 Å². The Balaban J connectivity index is 2.18. The first-order chi connectivity index (χ1) is 12.1. The molecule has 0 bridgehead atoms. The highest BCUT2D eigenvalue weighted by molar-refractivity contribution is 5.97. The molecule has 2 aromatic rings. The number of hydrogen-bond donors (Lipinski definition) is 0. The fourth-order valence-electron chi connectivity index (χ4n) is 1.63. The van der Waals surface area contributed by atoms with Crippen LogP contribution in [0, 0.1) is 0 Å². The highest BCUT2D eigenvalue weighted by Gasteiger charge is 2.57. The van der Waals surface area contributed by atoms with Crippen LogP contribution in [0.3, 0.4) is 0 Å². The summed E-state index contributed by atoms with van der Waals surface area (Å²) in [4.78, 5) is 15.6. The van der Waals surface area contributed by atoms with Gasteiger partial charge in [-0.2, -0.15) is 31.7 Å². The van der Waals surface area contributed by atoms with Crippen LogP contribution < -0.4 is 4.74 Å². The van der Waals surface area contributed by atoms with Gasteiger partial charge in [-0.15, -0.1) is 0 Å². The van der Waals surface area contributed by atoms with Crippen molar-refractivity contribution in [1.29, 1.82) is 0 Å². The minimum absolute atomic E-state index is 0.0294. The average Bonchev–Trinajstić information content (AvgIpc) is 3.11.